The highest BCUT2D eigenvalue weighted by Crippen LogP contribution is 2.44. The summed E-state index contributed by atoms with van der Waals surface area (Å²) in [5.74, 6) is -1.53. The van der Waals surface area contributed by atoms with Gasteiger partial charge in [-0.25, -0.2) is 9.59 Å². The molecule has 1 aliphatic carbocycles. The van der Waals surface area contributed by atoms with E-state index in [2.05, 4.69) is 29.6 Å². The van der Waals surface area contributed by atoms with Crippen LogP contribution < -0.4 is 5.32 Å². The smallest absolute Gasteiger partial charge is 0.407 e. The van der Waals surface area contributed by atoms with Gasteiger partial charge in [0.2, 0.25) is 0 Å². The van der Waals surface area contributed by atoms with Crippen LogP contribution in [0.5, 0.6) is 0 Å². The molecule has 0 saturated carbocycles. The molecule has 2 saturated heterocycles. The van der Waals surface area contributed by atoms with Crippen LogP contribution in [0.15, 0.2) is 48.5 Å². The number of hydrogen-bond acceptors (Lipinski definition) is 5. The second-order valence-corrected chi connectivity index (χ2v) is 9.43. The summed E-state index contributed by atoms with van der Waals surface area (Å²) in [5, 5.41) is 12.3. The van der Waals surface area contributed by atoms with Crippen LogP contribution in [-0.2, 0) is 19.1 Å². The average Bonchev–Trinajstić information content (AvgIpc) is 3.48. The van der Waals surface area contributed by atoms with Crippen LogP contribution in [0.1, 0.15) is 42.7 Å². The number of carbonyl (C=O) groups is 3. The second-order valence-electron chi connectivity index (χ2n) is 9.43. The van der Waals surface area contributed by atoms with Crippen molar-refractivity contribution in [2.45, 2.75) is 43.7 Å². The van der Waals surface area contributed by atoms with Gasteiger partial charge < -0.3 is 24.8 Å². The van der Waals surface area contributed by atoms with Gasteiger partial charge in [0, 0.05) is 31.5 Å². The highest BCUT2D eigenvalue weighted by Gasteiger charge is 2.41. The second kappa shape index (κ2) is 10.1. The molecule has 0 aromatic heterocycles. The van der Waals surface area contributed by atoms with Gasteiger partial charge in [-0.05, 0) is 47.9 Å². The number of carbonyl (C=O) groups excluding carboxylic acids is 2. The first-order valence-electron chi connectivity index (χ1n) is 12.3. The summed E-state index contributed by atoms with van der Waals surface area (Å²) in [6.45, 7) is 1.28. The van der Waals surface area contributed by atoms with Crippen LogP contribution in [0.2, 0.25) is 0 Å². The maximum absolute atomic E-state index is 13.1. The Morgan fingerprint density at radius 2 is 1.69 bits per heavy atom. The van der Waals surface area contributed by atoms with E-state index >= 15 is 0 Å². The minimum atomic E-state index is -0.982. The van der Waals surface area contributed by atoms with Crippen LogP contribution in [0.3, 0.4) is 0 Å². The summed E-state index contributed by atoms with van der Waals surface area (Å²) < 4.78 is 11.3. The molecule has 1 unspecified atom stereocenters. The fourth-order valence-corrected chi connectivity index (χ4v) is 5.60. The molecule has 2 fully saturated rings. The van der Waals surface area contributed by atoms with Gasteiger partial charge in [-0.1, -0.05) is 48.5 Å². The molecular formula is C27H30N2O6. The predicted molar refractivity (Wildman–Crippen MR) is 128 cm³/mol. The first-order valence-corrected chi connectivity index (χ1v) is 12.3. The van der Waals surface area contributed by atoms with E-state index in [0.717, 1.165) is 24.0 Å². The first kappa shape index (κ1) is 23.4. The number of aliphatic carboxylic acids is 1. The molecule has 184 valence electrons. The van der Waals surface area contributed by atoms with Gasteiger partial charge in [-0.15, -0.1) is 0 Å². The molecule has 8 heteroatoms. The van der Waals surface area contributed by atoms with Crippen molar-refractivity contribution < 1.29 is 29.0 Å². The van der Waals surface area contributed by atoms with Gasteiger partial charge in [-0.3, -0.25) is 4.79 Å². The molecule has 0 radical (unpaired) electrons. The number of hydrogen-bond donors (Lipinski definition) is 2. The van der Waals surface area contributed by atoms with Crippen molar-refractivity contribution in [3.05, 3.63) is 59.7 Å². The number of nitrogens with zero attached hydrogens (tertiary/aromatic N) is 1. The maximum atomic E-state index is 13.1. The van der Waals surface area contributed by atoms with Crippen LogP contribution >= 0.6 is 0 Å². The zero-order valence-electron chi connectivity index (χ0n) is 19.5. The maximum Gasteiger partial charge on any atom is 0.407 e. The first-order chi connectivity index (χ1) is 17.0. The number of nitrogens with one attached hydrogen (secondary N) is 1. The lowest BCUT2D eigenvalue weighted by Gasteiger charge is -2.35. The van der Waals surface area contributed by atoms with Gasteiger partial charge in [-0.2, -0.15) is 0 Å². The summed E-state index contributed by atoms with van der Waals surface area (Å²) in [4.78, 5) is 38.7. The van der Waals surface area contributed by atoms with E-state index in [1.165, 1.54) is 16.0 Å². The SMILES string of the molecule is O=C(NC[C@@H]1CCO[C@@H]1C(=O)N1CCCCC1C(=O)O)OCC1c2ccccc2-c2ccccc21. The highest BCUT2D eigenvalue weighted by molar-refractivity contribution is 5.87. The molecule has 2 N–H and O–H groups in total. The summed E-state index contributed by atoms with van der Waals surface area (Å²) >= 11 is 0. The van der Waals surface area contributed by atoms with Crippen LogP contribution in [0.25, 0.3) is 11.1 Å². The fraction of sp³-hybridized carbons (Fsp3) is 0.444. The Morgan fingerprint density at radius 3 is 2.37 bits per heavy atom. The molecule has 2 heterocycles. The highest BCUT2D eigenvalue weighted by atomic mass is 16.5. The number of carboxylic acids is 1. The lowest BCUT2D eigenvalue weighted by Crippen LogP contribution is -2.53. The van der Waals surface area contributed by atoms with Crippen LogP contribution in [-0.4, -0.2) is 66.4 Å². The standard InChI is InChI=1S/C27H30N2O6/c30-25(29-13-6-5-11-23(29)26(31)32)24-17(12-14-34-24)15-28-27(33)35-16-22-20-9-3-1-7-18(20)19-8-2-4-10-21(19)22/h1-4,7-10,17,22-24H,5-6,11-16H2,(H,28,33)(H,31,32)/t17-,23?,24-/m0/s1. The summed E-state index contributed by atoms with van der Waals surface area (Å²) in [5.41, 5.74) is 4.62. The van der Waals surface area contributed by atoms with E-state index < -0.39 is 24.2 Å². The normalized spacial score (nSPS) is 23.4. The van der Waals surface area contributed by atoms with Gasteiger partial charge in [0.1, 0.15) is 18.8 Å². The number of piperidine rings is 1. The average molecular weight is 479 g/mol. The van der Waals surface area contributed by atoms with E-state index in [1.54, 1.807) is 0 Å². The number of alkyl carbamates (subject to hydrolysis) is 1. The lowest BCUT2D eigenvalue weighted by molar-refractivity contribution is -0.157. The Balaban J connectivity index is 1.17. The van der Waals surface area contributed by atoms with Crippen LogP contribution in [0, 0.1) is 5.92 Å². The van der Waals surface area contributed by atoms with Gasteiger partial charge >= 0.3 is 12.1 Å². The zero-order chi connectivity index (χ0) is 24.4. The zero-order valence-corrected chi connectivity index (χ0v) is 19.5. The molecule has 0 spiro atoms. The minimum absolute atomic E-state index is 0.0238. The van der Waals surface area contributed by atoms with E-state index in [-0.39, 0.29) is 30.9 Å². The lowest BCUT2D eigenvalue weighted by atomic mass is 9.96. The summed E-state index contributed by atoms with van der Waals surface area (Å²) in [6, 6.07) is 15.5. The molecular weight excluding hydrogens is 448 g/mol. The number of ether oxygens (including phenoxy) is 2. The number of amides is 2. The summed E-state index contributed by atoms with van der Waals surface area (Å²) in [6.07, 6.45) is 1.36. The van der Waals surface area contributed by atoms with Gasteiger partial charge in [0.05, 0.1) is 0 Å². The third-order valence-electron chi connectivity index (χ3n) is 7.38. The summed E-state index contributed by atoms with van der Waals surface area (Å²) in [7, 11) is 0. The number of likely N-dealkylation sites (tertiary alicyclic amines) is 1. The quantitative estimate of drug-likeness (QED) is 0.659. The molecule has 8 nitrogen and oxygen atoms in total. The Morgan fingerprint density at radius 1 is 1.00 bits per heavy atom. The van der Waals surface area contributed by atoms with Gasteiger partial charge in [0.15, 0.2) is 0 Å². The largest absolute Gasteiger partial charge is 0.480 e. The molecule has 5 rings (SSSR count). The molecule has 2 aliphatic heterocycles. The Kier molecular flexibility index (Phi) is 6.72. The van der Waals surface area contributed by atoms with Gasteiger partial charge in [0.25, 0.3) is 5.91 Å². The Labute approximate surface area is 204 Å². The molecule has 3 atom stereocenters. The molecule has 2 amide bonds. The number of rotatable bonds is 6. The fourth-order valence-electron chi connectivity index (χ4n) is 5.60. The van der Waals surface area contributed by atoms with Crippen molar-refractivity contribution >= 4 is 18.0 Å². The van der Waals surface area contributed by atoms with Crippen molar-refractivity contribution in [1.29, 1.82) is 0 Å². The van der Waals surface area contributed by atoms with E-state index in [1.807, 2.05) is 24.3 Å². The van der Waals surface area contributed by atoms with Crippen LogP contribution in [0.4, 0.5) is 4.79 Å². The molecule has 35 heavy (non-hydrogen) atoms. The molecule has 2 aromatic carbocycles. The molecule has 0 bridgehead atoms. The topological polar surface area (TPSA) is 105 Å². The van der Waals surface area contributed by atoms with E-state index in [0.29, 0.717) is 26.0 Å². The minimum Gasteiger partial charge on any atom is -0.480 e. The van der Waals surface area contributed by atoms with Crippen molar-refractivity contribution in [3.8, 4) is 11.1 Å². The van der Waals surface area contributed by atoms with E-state index in [4.69, 9.17) is 9.47 Å². The third-order valence-corrected chi connectivity index (χ3v) is 7.38. The molecule has 3 aliphatic rings. The number of carboxylic acid groups (broad SMARTS) is 1. The van der Waals surface area contributed by atoms with Crippen molar-refractivity contribution in [3.63, 3.8) is 0 Å². The van der Waals surface area contributed by atoms with Crippen molar-refractivity contribution in [2.75, 3.05) is 26.3 Å². The predicted octanol–water partition coefficient (Wildman–Crippen LogP) is 3.40. The number of benzene rings is 2. The third kappa shape index (κ3) is 4.62. The molecule has 2 aromatic rings. The van der Waals surface area contributed by atoms with Crippen molar-refractivity contribution in [1.82, 2.24) is 10.2 Å². The van der Waals surface area contributed by atoms with E-state index in [9.17, 15) is 19.5 Å². The Bertz CT molecular complexity index is 1070. The van der Waals surface area contributed by atoms with Crippen molar-refractivity contribution in [2.24, 2.45) is 5.92 Å². The monoisotopic (exact) mass is 478 g/mol. The Hall–Kier alpha value is -3.39. The number of fused-ring (bicyclic) bond motifs is 3.